The summed E-state index contributed by atoms with van der Waals surface area (Å²) in [6.45, 7) is 1.47. The monoisotopic (exact) mass is 325 g/mol. The van der Waals surface area contributed by atoms with Crippen LogP contribution < -0.4 is 5.73 Å². The highest BCUT2D eigenvalue weighted by Gasteiger charge is 2.33. The van der Waals surface area contributed by atoms with E-state index in [4.69, 9.17) is 15.6 Å². The van der Waals surface area contributed by atoms with Crippen molar-refractivity contribution >= 4 is 11.9 Å². The Labute approximate surface area is 140 Å². The van der Waals surface area contributed by atoms with Gasteiger partial charge in [0.25, 0.3) is 0 Å². The topological polar surface area (TPSA) is 89.6 Å². The number of carbonyl (C=O) groups is 2. The van der Waals surface area contributed by atoms with E-state index in [9.17, 15) is 9.59 Å². The zero-order chi connectivity index (χ0) is 17.3. The molecule has 0 spiro atoms. The summed E-state index contributed by atoms with van der Waals surface area (Å²) in [7, 11) is 0. The van der Waals surface area contributed by atoms with Crippen molar-refractivity contribution in [3.05, 3.63) is 59.7 Å². The Kier molecular flexibility index (Phi) is 4.11. The molecule has 0 bridgehead atoms. The maximum absolute atomic E-state index is 12.0. The highest BCUT2D eigenvalue weighted by molar-refractivity contribution is 5.85. The van der Waals surface area contributed by atoms with Crippen molar-refractivity contribution in [3.8, 4) is 11.1 Å². The van der Waals surface area contributed by atoms with Crippen LogP contribution in [0.1, 0.15) is 30.4 Å². The Balaban J connectivity index is 1.76. The molecule has 0 saturated carbocycles. The normalized spacial score (nSPS) is 15.2. The minimum atomic E-state index is -1.62. The molecule has 1 aliphatic carbocycles. The summed E-state index contributed by atoms with van der Waals surface area (Å²) in [4.78, 5) is 23.0. The van der Waals surface area contributed by atoms with E-state index in [0.717, 1.165) is 22.3 Å². The molecular weight excluding hydrogens is 306 g/mol. The third kappa shape index (κ3) is 2.90. The quantitative estimate of drug-likeness (QED) is 0.825. The van der Waals surface area contributed by atoms with Crippen LogP contribution in [0.3, 0.4) is 0 Å². The number of benzene rings is 2. The Morgan fingerprint density at radius 2 is 1.58 bits per heavy atom. The Morgan fingerprint density at radius 3 is 2.08 bits per heavy atom. The number of nitrogens with two attached hydrogens (primary N) is 1. The number of esters is 1. The molecule has 0 heterocycles. The first-order valence-corrected chi connectivity index (χ1v) is 7.76. The van der Waals surface area contributed by atoms with Crippen molar-refractivity contribution in [1.29, 1.82) is 0 Å². The van der Waals surface area contributed by atoms with E-state index >= 15 is 0 Å². The lowest BCUT2D eigenvalue weighted by Gasteiger charge is -2.19. The molecular formula is C19H19NO4. The van der Waals surface area contributed by atoms with Gasteiger partial charge in [0.15, 0.2) is 0 Å². The summed E-state index contributed by atoms with van der Waals surface area (Å²) in [5.74, 6) is -1.88. The molecule has 1 atom stereocenters. The predicted octanol–water partition coefficient (Wildman–Crippen LogP) is 2.53. The van der Waals surface area contributed by atoms with Crippen LogP contribution in [-0.2, 0) is 14.3 Å². The van der Waals surface area contributed by atoms with Crippen LogP contribution in [0, 0.1) is 0 Å². The summed E-state index contributed by atoms with van der Waals surface area (Å²) in [6.07, 6.45) is -0.363. The lowest BCUT2D eigenvalue weighted by atomic mass is 9.97. The van der Waals surface area contributed by atoms with Crippen LogP contribution in [0.25, 0.3) is 11.1 Å². The van der Waals surface area contributed by atoms with Crippen LogP contribution in [0.5, 0.6) is 0 Å². The highest BCUT2D eigenvalue weighted by Crippen LogP contribution is 2.44. The maximum atomic E-state index is 12.0. The number of hydrogen-bond acceptors (Lipinski definition) is 4. The van der Waals surface area contributed by atoms with E-state index in [2.05, 4.69) is 12.1 Å². The zero-order valence-corrected chi connectivity index (χ0v) is 13.4. The van der Waals surface area contributed by atoms with Gasteiger partial charge in [0.05, 0.1) is 6.42 Å². The fourth-order valence-corrected chi connectivity index (χ4v) is 3.04. The van der Waals surface area contributed by atoms with Crippen LogP contribution in [-0.4, -0.2) is 29.2 Å². The van der Waals surface area contributed by atoms with Gasteiger partial charge in [0.1, 0.15) is 12.1 Å². The second kappa shape index (κ2) is 6.09. The first kappa shape index (κ1) is 16.2. The molecule has 2 aromatic carbocycles. The SMILES string of the molecule is CC(N)(CC(=O)OCC1c2ccccc2-c2ccccc21)C(=O)O. The first-order valence-electron chi connectivity index (χ1n) is 7.76. The molecule has 1 unspecified atom stereocenters. The average Bonchev–Trinajstić information content (AvgIpc) is 2.86. The van der Waals surface area contributed by atoms with Crippen molar-refractivity contribution in [3.63, 3.8) is 0 Å². The van der Waals surface area contributed by atoms with E-state index < -0.39 is 17.5 Å². The van der Waals surface area contributed by atoms with Gasteiger partial charge in [0.2, 0.25) is 0 Å². The lowest BCUT2D eigenvalue weighted by Crippen LogP contribution is -2.46. The molecule has 0 radical (unpaired) electrons. The van der Waals surface area contributed by atoms with Crippen molar-refractivity contribution in [2.45, 2.75) is 24.8 Å². The number of carboxylic acids is 1. The van der Waals surface area contributed by atoms with Crippen molar-refractivity contribution in [2.24, 2.45) is 5.73 Å². The average molecular weight is 325 g/mol. The Morgan fingerprint density at radius 1 is 1.08 bits per heavy atom. The van der Waals surface area contributed by atoms with Crippen LogP contribution in [0.2, 0.25) is 0 Å². The number of fused-ring (bicyclic) bond motifs is 3. The van der Waals surface area contributed by atoms with Gasteiger partial charge in [-0.2, -0.15) is 0 Å². The maximum Gasteiger partial charge on any atom is 0.323 e. The number of rotatable bonds is 5. The fourth-order valence-electron chi connectivity index (χ4n) is 3.04. The first-order chi connectivity index (χ1) is 11.4. The molecule has 5 heteroatoms. The van der Waals surface area contributed by atoms with Gasteiger partial charge < -0.3 is 15.6 Å². The molecule has 24 heavy (non-hydrogen) atoms. The zero-order valence-electron chi connectivity index (χ0n) is 13.4. The summed E-state index contributed by atoms with van der Waals surface area (Å²) in [5.41, 5.74) is 8.48. The van der Waals surface area contributed by atoms with Crippen LogP contribution in [0.4, 0.5) is 0 Å². The number of aliphatic carboxylic acids is 1. The van der Waals surface area contributed by atoms with Gasteiger partial charge in [-0.1, -0.05) is 48.5 Å². The molecule has 124 valence electrons. The summed E-state index contributed by atoms with van der Waals surface area (Å²) in [6, 6.07) is 16.0. The standard InChI is InChI=1S/C19H19NO4/c1-19(20,18(22)23)10-17(21)24-11-16-14-8-4-2-6-12(14)13-7-3-5-9-15(13)16/h2-9,16H,10-11,20H2,1H3,(H,22,23). The molecule has 0 saturated heterocycles. The molecule has 0 amide bonds. The lowest BCUT2D eigenvalue weighted by molar-refractivity contribution is -0.152. The molecule has 1 aliphatic rings. The van der Waals surface area contributed by atoms with E-state index in [1.807, 2.05) is 36.4 Å². The van der Waals surface area contributed by atoms with Crippen LogP contribution >= 0.6 is 0 Å². The fraction of sp³-hybridized carbons (Fsp3) is 0.263. The van der Waals surface area contributed by atoms with Gasteiger partial charge in [-0.25, -0.2) is 0 Å². The largest absolute Gasteiger partial charge is 0.480 e. The molecule has 3 rings (SSSR count). The van der Waals surface area contributed by atoms with Crippen LogP contribution in [0.15, 0.2) is 48.5 Å². The second-order valence-electron chi connectivity index (χ2n) is 6.31. The third-order valence-electron chi connectivity index (χ3n) is 4.37. The van der Waals surface area contributed by atoms with Crippen molar-refractivity contribution in [1.82, 2.24) is 0 Å². The van der Waals surface area contributed by atoms with Crippen molar-refractivity contribution in [2.75, 3.05) is 6.61 Å². The summed E-state index contributed by atoms with van der Waals surface area (Å²) in [5, 5.41) is 9.00. The molecule has 0 aliphatic heterocycles. The Hall–Kier alpha value is -2.66. The number of ether oxygens (including phenoxy) is 1. The summed E-state index contributed by atoms with van der Waals surface area (Å²) >= 11 is 0. The van der Waals surface area contributed by atoms with Gasteiger partial charge >= 0.3 is 11.9 Å². The third-order valence-corrected chi connectivity index (χ3v) is 4.37. The molecule has 5 nitrogen and oxygen atoms in total. The van der Waals surface area contributed by atoms with Gasteiger partial charge in [-0.15, -0.1) is 0 Å². The minimum Gasteiger partial charge on any atom is -0.480 e. The molecule has 0 fully saturated rings. The molecule has 3 N–H and O–H groups in total. The molecule has 0 aromatic heterocycles. The minimum absolute atomic E-state index is 0.0461. The Bertz CT molecular complexity index is 752. The number of hydrogen-bond donors (Lipinski definition) is 2. The molecule has 2 aromatic rings. The summed E-state index contributed by atoms with van der Waals surface area (Å²) < 4.78 is 5.34. The number of carbonyl (C=O) groups excluding carboxylic acids is 1. The van der Waals surface area contributed by atoms with Crippen molar-refractivity contribution < 1.29 is 19.4 Å². The van der Waals surface area contributed by atoms with Gasteiger partial charge in [0, 0.05) is 5.92 Å². The highest BCUT2D eigenvalue weighted by atomic mass is 16.5. The smallest absolute Gasteiger partial charge is 0.323 e. The number of carboxylic acid groups (broad SMARTS) is 1. The second-order valence-corrected chi connectivity index (χ2v) is 6.31. The van der Waals surface area contributed by atoms with E-state index in [1.54, 1.807) is 0 Å². The predicted molar refractivity (Wildman–Crippen MR) is 89.5 cm³/mol. The van der Waals surface area contributed by atoms with Gasteiger partial charge in [-0.3, -0.25) is 9.59 Å². The van der Waals surface area contributed by atoms with E-state index in [1.165, 1.54) is 6.92 Å². The van der Waals surface area contributed by atoms with Gasteiger partial charge in [-0.05, 0) is 29.2 Å². The van der Waals surface area contributed by atoms with E-state index in [0.29, 0.717) is 0 Å². The van der Waals surface area contributed by atoms with E-state index in [-0.39, 0.29) is 18.9 Å².